The summed E-state index contributed by atoms with van der Waals surface area (Å²) >= 11 is 0. The Morgan fingerprint density at radius 2 is 2.46 bits per heavy atom. The molecule has 0 radical (unpaired) electrons. The molecule has 74 valence electrons. The molecule has 1 N–H and O–H groups in total. The van der Waals surface area contributed by atoms with Gasteiger partial charge in [-0.1, -0.05) is 6.08 Å². The van der Waals surface area contributed by atoms with Crippen LogP contribution in [0.2, 0.25) is 0 Å². The Hall–Kier alpha value is -1.06. The highest BCUT2D eigenvalue weighted by atomic mass is 19.1. The van der Waals surface area contributed by atoms with Crippen molar-refractivity contribution in [1.29, 1.82) is 0 Å². The van der Waals surface area contributed by atoms with E-state index < -0.39 is 12.3 Å². The number of hydrogen-bond donors (Lipinski definition) is 1. The van der Waals surface area contributed by atoms with Crippen molar-refractivity contribution < 1.29 is 14.3 Å². The van der Waals surface area contributed by atoms with Gasteiger partial charge in [0.15, 0.2) is 0 Å². The Bertz CT molecular complexity index is 208. The highest BCUT2D eigenvalue weighted by Gasteiger charge is 2.34. The van der Waals surface area contributed by atoms with Crippen molar-refractivity contribution in [3.05, 3.63) is 12.7 Å². The van der Waals surface area contributed by atoms with Crippen LogP contribution in [0.3, 0.4) is 0 Å². The Labute approximate surface area is 76.8 Å². The lowest BCUT2D eigenvalue weighted by atomic mass is 10.1. The molecule has 1 saturated heterocycles. The number of likely N-dealkylation sites (tertiary alicyclic amines) is 1. The predicted molar refractivity (Wildman–Crippen MR) is 47.5 cm³/mol. The maximum atomic E-state index is 12.9. The number of carboxylic acid groups (broad SMARTS) is 1. The summed E-state index contributed by atoms with van der Waals surface area (Å²) in [6.45, 7) is 3.58. The number of alkyl halides is 1. The molecule has 1 aliphatic heterocycles. The first-order chi connectivity index (χ1) is 6.15. The third kappa shape index (κ3) is 2.44. The fourth-order valence-electron chi connectivity index (χ4n) is 1.68. The van der Waals surface area contributed by atoms with Gasteiger partial charge >= 0.3 is 6.09 Å². The minimum absolute atomic E-state index is 0.0249. The summed E-state index contributed by atoms with van der Waals surface area (Å²) in [4.78, 5) is 11.8. The highest BCUT2D eigenvalue weighted by Crippen LogP contribution is 2.23. The van der Waals surface area contributed by atoms with Crippen LogP contribution in [0, 0.1) is 0 Å². The topological polar surface area (TPSA) is 40.5 Å². The molecule has 1 amide bonds. The summed E-state index contributed by atoms with van der Waals surface area (Å²) in [5.41, 5.74) is 0. The van der Waals surface area contributed by atoms with Crippen molar-refractivity contribution in [2.75, 3.05) is 6.54 Å². The van der Waals surface area contributed by atoms with Gasteiger partial charge in [0.25, 0.3) is 0 Å². The maximum absolute atomic E-state index is 12.9. The minimum atomic E-state index is -1.02. The zero-order valence-electron chi connectivity index (χ0n) is 7.45. The fraction of sp³-hybridized carbons (Fsp3) is 0.667. The first kappa shape index (κ1) is 10.0. The second kappa shape index (κ2) is 4.25. The first-order valence-corrected chi connectivity index (χ1v) is 4.39. The van der Waals surface area contributed by atoms with Gasteiger partial charge in [0, 0.05) is 12.5 Å². The summed E-state index contributed by atoms with van der Waals surface area (Å²) in [5, 5.41) is 8.73. The van der Waals surface area contributed by atoms with E-state index in [1.165, 1.54) is 4.90 Å². The summed E-state index contributed by atoms with van der Waals surface area (Å²) in [6, 6.07) is -0.162. The maximum Gasteiger partial charge on any atom is 0.407 e. The number of nitrogens with zero attached hydrogens (tertiary/aromatic N) is 1. The van der Waals surface area contributed by atoms with Crippen molar-refractivity contribution in [2.45, 2.75) is 31.5 Å². The average Bonchev–Trinajstić information content (AvgIpc) is 2.43. The smallest absolute Gasteiger partial charge is 0.407 e. The summed E-state index contributed by atoms with van der Waals surface area (Å²) in [5.74, 6) is 0. The molecule has 1 fully saturated rings. The summed E-state index contributed by atoms with van der Waals surface area (Å²) < 4.78 is 12.9. The van der Waals surface area contributed by atoms with Crippen LogP contribution in [0.25, 0.3) is 0 Å². The lowest BCUT2D eigenvalue weighted by Gasteiger charge is -2.19. The molecule has 1 unspecified atom stereocenters. The quantitative estimate of drug-likeness (QED) is 0.687. The molecular formula is C9H14FNO2. The molecule has 3 nitrogen and oxygen atoms in total. The van der Waals surface area contributed by atoms with E-state index in [1.807, 2.05) is 0 Å². The Morgan fingerprint density at radius 1 is 1.77 bits per heavy atom. The van der Waals surface area contributed by atoms with Gasteiger partial charge in [0.1, 0.15) is 6.17 Å². The van der Waals surface area contributed by atoms with E-state index in [0.717, 1.165) is 6.42 Å². The van der Waals surface area contributed by atoms with Crippen LogP contribution in [0.1, 0.15) is 19.3 Å². The Balaban J connectivity index is 2.50. The molecule has 0 spiro atoms. The van der Waals surface area contributed by atoms with Crippen molar-refractivity contribution in [3.63, 3.8) is 0 Å². The van der Waals surface area contributed by atoms with Gasteiger partial charge in [-0.2, -0.15) is 0 Å². The van der Waals surface area contributed by atoms with E-state index in [0.29, 0.717) is 12.8 Å². The molecule has 13 heavy (non-hydrogen) atoms. The SMILES string of the molecule is C=CCCC1C[C@@H](F)CN1C(=O)O. The second-order valence-electron chi connectivity index (χ2n) is 3.29. The molecule has 4 heteroatoms. The van der Waals surface area contributed by atoms with Crippen LogP contribution < -0.4 is 0 Å². The summed E-state index contributed by atoms with van der Waals surface area (Å²) in [6.07, 6.45) is 1.46. The van der Waals surface area contributed by atoms with Crippen LogP contribution in [0.4, 0.5) is 9.18 Å². The largest absolute Gasteiger partial charge is 0.465 e. The predicted octanol–water partition coefficient (Wildman–Crippen LogP) is 2.04. The number of halogens is 1. The number of hydrogen-bond acceptors (Lipinski definition) is 1. The molecule has 0 aromatic heterocycles. The van der Waals surface area contributed by atoms with Gasteiger partial charge in [-0.15, -0.1) is 6.58 Å². The number of carbonyl (C=O) groups is 1. The van der Waals surface area contributed by atoms with Gasteiger partial charge in [-0.05, 0) is 12.8 Å². The van der Waals surface area contributed by atoms with Crippen molar-refractivity contribution in [1.82, 2.24) is 4.90 Å². The lowest BCUT2D eigenvalue weighted by molar-refractivity contribution is 0.136. The van der Waals surface area contributed by atoms with E-state index in [2.05, 4.69) is 6.58 Å². The lowest BCUT2D eigenvalue weighted by Crippen LogP contribution is -2.34. The Morgan fingerprint density at radius 3 is 3.00 bits per heavy atom. The van der Waals surface area contributed by atoms with E-state index in [4.69, 9.17) is 5.11 Å². The standard InChI is InChI=1S/C9H14FNO2/c1-2-3-4-8-5-7(10)6-11(8)9(12)13/h2,7-8H,1,3-6H2,(H,12,13)/t7-,8?/m1/s1. The zero-order chi connectivity index (χ0) is 9.84. The van der Waals surface area contributed by atoms with E-state index in [-0.39, 0.29) is 12.6 Å². The van der Waals surface area contributed by atoms with Crippen LogP contribution >= 0.6 is 0 Å². The monoisotopic (exact) mass is 187 g/mol. The van der Waals surface area contributed by atoms with Gasteiger partial charge in [0.2, 0.25) is 0 Å². The number of allylic oxidation sites excluding steroid dienone is 1. The molecule has 1 heterocycles. The van der Waals surface area contributed by atoms with Crippen LogP contribution in [-0.4, -0.2) is 34.9 Å². The first-order valence-electron chi connectivity index (χ1n) is 4.39. The zero-order valence-corrected chi connectivity index (χ0v) is 7.45. The Kier molecular flexibility index (Phi) is 3.28. The molecule has 1 rings (SSSR count). The normalized spacial score (nSPS) is 27.6. The van der Waals surface area contributed by atoms with E-state index in [1.54, 1.807) is 6.08 Å². The number of amides is 1. The summed E-state index contributed by atoms with van der Waals surface area (Å²) in [7, 11) is 0. The molecule has 0 bridgehead atoms. The second-order valence-corrected chi connectivity index (χ2v) is 3.29. The van der Waals surface area contributed by atoms with Crippen molar-refractivity contribution in [2.24, 2.45) is 0 Å². The molecule has 0 aliphatic carbocycles. The molecule has 0 saturated carbocycles. The van der Waals surface area contributed by atoms with Crippen LogP contribution in [0.15, 0.2) is 12.7 Å². The average molecular weight is 187 g/mol. The third-order valence-electron chi connectivity index (χ3n) is 2.31. The highest BCUT2D eigenvalue weighted by molar-refractivity contribution is 5.66. The van der Waals surface area contributed by atoms with Gasteiger partial charge in [0.05, 0.1) is 6.54 Å². The third-order valence-corrected chi connectivity index (χ3v) is 2.31. The molecule has 1 aliphatic rings. The molecule has 2 atom stereocenters. The van der Waals surface area contributed by atoms with Gasteiger partial charge < -0.3 is 10.0 Å². The number of rotatable bonds is 3. The van der Waals surface area contributed by atoms with E-state index >= 15 is 0 Å². The fourth-order valence-corrected chi connectivity index (χ4v) is 1.68. The van der Waals surface area contributed by atoms with Crippen LogP contribution in [0.5, 0.6) is 0 Å². The van der Waals surface area contributed by atoms with Crippen LogP contribution in [-0.2, 0) is 0 Å². The molecular weight excluding hydrogens is 173 g/mol. The minimum Gasteiger partial charge on any atom is -0.465 e. The van der Waals surface area contributed by atoms with Gasteiger partial charge in [-0.3, -0.25) is 0 Å². The van der Waals surface area contributed by atoms with Gasteiger partial charge in [-0.25, -0.2) is 9.18 Å². The van der Waals surface area contributed by atoms with E-state index in [9.17, 15) is 9.18 Å². The van der Waals surface area contributed by atoms with Crippen molar-refractivity contribution in [3.8, 4) is 0 Å². The molecule has 0 aromatic rings. The molecule has 0 aromatic carbocycles. The van der Waals surface area contributed by atoms with Crippen molar-refractivity contribution >= 4 is 6.09 Å².